The van der Waals surface area contributed by atoms with Gasteiger partial charge in [-0.3, -0.25) is 19.7 Å². The van der Waals surface area contributed by atoms with Crippen LogP contribution in [0.1, 0.15) is 29.8 Å². The van der Waals surface area contributed by atoms with Crippen molar-refractivity contribution in [1.29, 1.82) is 0 Å². The van der Waals surface area contributed by atoms with E-state index in [0.29, 0.717) is 19.7 Å². The molecule has 0 radical (unpaired) electrons. The quantitative estimate of drug-likeness (QED) is 0.640. The Balaban J connectivity index is 1.52. The maximum atomic E-state index is 13.0. The first kappa shape index (κ1) is 21.0. The standard InChI is InChI=1S/C25H28N4O2/c1-26-24(30)25(23-12-5-7-15-28-23)13-8-16-29(19-25)17-20-9-2-3-11-22(20)31-18-21-10-4-6-14-27-21/h2-7,9-12,14-15H,8,13,16-19H2,1H3,(H,26,30)/t25-/m1/s1. The minimum absolute atomic E-state index is 0.0237. The fraction of sp³-hybridized carbons (Fsp3) is 0.320. The third kappa shape index (κ3) is 4.75. The highest BCUT2D eigenvalue weighted by Crippen LogP contribution is 2.34. The molecule has 3 heterocycles. The number of nitrogens with one attached hydrogen (secondary N) is 1. The van der Waals surface area contributed by atoms with Crippen LogP contribution in [-0.4, -0.2) is 40.9 Å². The number of likely N-dealkylation sites (N-methyl/N-ethyl adjacent to an activating group) is 1. The number of carbonyl (C=O) groups excluding carboxylic acids is 1. The van der Waals surface area contributed by atoms with Gasteiger partial charge in [0.05, 0.1) is 11.4 Å². The maximum Gasteiger partial charge on any atom is 0.233 e. The predicted molar refractivity (Wildman–Crippen MR) is 120 cm³/mol. The van der Waals surface area contributed by atoms with E-state index in [0.717, 1.165) is 42.1 Å². The first-order valence-electron chi connectivity index (χ1n) is 10.7. The monoisotopic (exact) mass is 416 g/mol. The summed E-state index contributed by atoms with van der Waals surface area (Å²) in [5, 5.41) is 2.87. The number of carbonyl (C=O) groups is 1. The minimum Gasteiger partial charge on any atom is -0.487 e. The molecule has 1 saturated heterocycles. The third-order valence-electron chi connectivity index (χ3n) is 5.86. The van der Waals surface area contributed by atoms with Gasteiger partial charge in [0.2, 0.25) is 5.91 Å². The Morgan fingerprint density at radius 2 is 1.84 bits per heavy atom. The summed E-state index contributed by atoms with van der Waals surface area (Å²) in [6.07, 6.45) is 5.26. The number of benzene rings is 1. The van der Waals surface area contributed by atoms with Crippen molar-refractivity contribution in [3.8, 4) is 5.75 Å². The second-order valence-corrected chi connectivity index (χ2v) is 7.91. The van der Waals surface area contributed by atoms with Crippen LogP contribution in [0.15, 0.2) is 73.1 Å². The lowest BCUT2D eigenvalue weighted by atomic mass is 9.75. The van der Waals surface area contributed by atoms with Crippen molar-refractivity contribution >= 4 is 5.91 Å². The second kappa shape index (κ2) is 9.71. The molecule has 1 amide bonds. The van der Waals surface area contributed by atoms with Gasteiger partial charge in [0.25, 0.3) is 0 Å². The Kier molecular flexibility index (Phi) is 6.57. The first-order valence-corrected chi connectivity index (χ1v) is 10.7. The van der Waals surface area contributed by atoms with Crippen molar-refractivity contribution in [2.24, 2.45) is 0 Å². The molecule has 1 N–H and O–H groups in total. The summed E-state index contributed by atoms with van der Waals surface area (Å²) in [5.41, 5.74) is 2.19. The topological polar surface area (TPSA) is 67.4 Å². The van der Waals surface area contributed by atoms with Crippen LogP contribution < -0.4 is 10.1 Å². The number of hydrogen-bond donors (Lipinski definition) is 1. The van der Waals surface area contributed by atoms with Crippen LogP contribution in [0.25, 0.3) is 0 Å². The molecule has 31 heavy (non-hydrogen) atoms. The lowest BCUT2D eigenvalue weighted by Crippen LogP contribution is -2.54. The normalized spacial score (nSPS) is 19.0. The van der Waals surface area contributed by atoms with Gasteiger partial charge >= 0.3 is 0 Å². The third-order valence-corrected chi connectivity index (χ3v) is 5.86. The van der Waals surface area contributed by atoms with Crippen LogP contribution in [0.2, 0.25) is 0 Å². The zero-order chi connectivity index (χ0) is 21.5. The molecule has 0 aliphatic carbocycles. The molecule has 2 aromatic heterocycles. The van der Waals surface area contributed by atoms with Gasteiger partial charge in [-0.05, 0) is 49.7 Å². The van der Waals surface area contributed by atoms with Crippen LogP contribution in [0.4, 0.5) is 0 Å². The average Bonchev–Trinajstić information content (AvgIpc) is 2.84. The fourth-order valence-electron chi connectivity index (χ4n) is 4.33. The van der Waals surface area contributed by atoms with Crippen molar-refractivity contribution in [3.63, 3.8) is 0 Å². The molecule has 0 saturated carbocycles. The summed E-state index contributed by atoms with van der Waals surface area (Å²) >= 11 is 0. The van der Waals surface area contributed by atoms with E-state index < -0.39 is 5.41 Å². The number of aromatic nitrogens is 2. The molecule has 6 nitrogen and oxygen atoms in total. The van der Waals surface area contributed by atoms with Crippen LogP contribution >= 0.6 is 0 Å². The van der Waals surface area contributed by atoms with Crippen LogP contribution in [0, 0.1) is 0 Å². The van der Waals surface area contributed by atoms with Gasteiger partial charge in [0.1, 0.15) is 17.8 Å². The largest absolute Gasteiger partial charge is 0.487 e. The number of piperidine rings is 1. The average molecular weight is 417 g/mol. The van der Waals surface area contributed by atoms with Gasteiger partial charge in [0, 0.05) is 38.1 Å². The highest BCUT2D eigenvalue weighted by Gasteiger charge is 2.44. The number of amides is 1. The van der Waals surface area contributed by atoms with Crippen LogP contribution in [-0.2, 0) is 23.4 Å². The number of ether oxygens (including phenoxy) is 1. The summed E-state index contributed by atoms with van der Waals surface area (Å²) in [6, 6.07) is 19.7. The molecule has 1 aromatic carbocycles. The number of rotatable bonds is 7. The summed E-state index contributed by atoms with van der Waals surface area (Å²) in [6.45, 7) is 2.69. The smallest absolute Gasteiger partial charge is 0.233 e. The Hall–Kier alpha value is -3.25. The van der Waals surface area contributed by atoms with Crippen molar-refractivity contribution in [1.82, 2.24) is 20.2 Å². The number of para-hydroxylation sites is 1. The van der Waals surface area contributed by atoms with Crippen molar-refractivity contribution in [3.05, 3.63) is 90.0 Å². The lowest BCUT2D eigenvalue weighted by molar-refractivity contribution is -0.128. The molecule has 1 aliphatic heterocycles. The van der Waals surface area contributed by atoms with E-state index in [1.165, 1.54) is 0 Å². The SMILES string of the molecule is CNC(=O)[C@]1(c2ccccn2)CCCN(Cc2ccccc2OCc2ccccn2)C1. The van der Waals surface area contributed by atoms with Crippen LogP contribution in [0.5, 0.6) is 5.75 Å². The number of pyridine rings is 2. The van der Waals surface area contributed by atoms with E-state index in [-0.39, 0.29) is 5.91 Å². The van der Waals surface area contributed by atoms with E-state index in [1.54, 1.807) is 19.4 Å². The number of nitrogens with zero attached hydrogens (tertiary/aromatic N) is 3. The number of hydrogen-bond acceptors (Lipinski definition) is 5. The molecular formula is C25H28N4O2. The molecular weight excluding hydrogens is 388 g/mol. The predicted octanol–water partition coefficient (Wildman–Crippen LogP) is 3.34. The van der Waals surface area contributed by atoms with Crippen LogP contribution in [0.3, 0.4) is 0 Å². The van der Waals surface area contributed by atoms with Crippen molar-refractivity contribution in [2.45, 2.75) is 31.4 Å². The minimum atomic E-state index is -0.641. The molecule has 0 unspecified atom stereocenters. The molecule has 1 aliphatic rings. The van der Waals surface area contributed by atoms with E-state index in [9.17, 15) is 4.79 Å². The molecule has 1 fully saturated rings. The molecule has 0 spiro atoms. The molecule has 4 rings (SSSR count). The molecule has 1 atom stereocenters. The van der Waals surface area contributed by atoms with Gasteiger partial charge in [0.15, 0.2) is 0 Å². The highest BCUT2D eigenvalue weighted by atomic mass is 16.5. The Labute approximate surface area is 183 Å². The Morgan fingerprint density at radius 1 is 1.06 bits per heavy atom. The number of likely N-dealkylation sites (tertiary alicyclic amines) is 1. The lowest BCUT2D eigenvalue weighted by Gasteiger charge is -2.41. The van der Waals surface area contributed by atoms with Crippen molar-refractivity contribution in [2.75, 3.05) is 20.1 Å². The second-order valence-electron chi connectivity index (χ2n) is 7.91. The van der Waals surface area contributed by atoms with Gasteiger partial charge in [-0.25, -0.2) is 0 Å². The molecule has 3 aromatic rings. The van der Waals surface area contributed by atoms with E-state index >= 15 is 0 Å². The van der Waals surface area contributed by atoms with Gasteiger partial charge in [-0.15, -0.1) is 0 Å². The first-order chi connectivity index (χ1) is 15.2. The zero-order valence-corrected chi connectivity index (χ0v) is 17.8. The van der Waals surface area contributed by atoms with Gasteiger partial charge < -0.3 is 10.1 Å². The molecule has 160 valence electrons. The Bertz CT molecular complexity index is 997. The van der Waals surface area contributed by atoms with Crippen molar-refractivity contribution < 1.29 is 9.53 Å². The van der Waals surface area contributed by atoms with E-state index in [4.69, 9.17) is 4.74 Å². The molecule has 0 bridgehead atoms. The highest BCUT2D eigenvalue weighted by molar-refractivity contribution is 5.88. The molecule has 6 heteroatoms. The zero-order valence-electron chi connectivity index (χ0n) is 17.8. The summed E-state index contributed by atoms with van der Waals surface area (Å²) < 4.78 is 6.09. The fourth-order valence-corrected chi connectivity index (χ4v) is 4.33. The maximum absolute atomic E-state index is 13.0. The van der Waals surface area contributed by atoms with E-state index in [1.807, 2.05) is 54.6 Å². The van der Waals surface area contributed by atoms with Gasteiger partial charge in [-0.1, -0.05) is 30.3 Å². The summed E-state index contributed by atoms with van der Waals surface area (Å²) in [5.74, 6) is 0.873. The van der Waals surface area contributed by atoms with E-state index in [2.05, 4.69) is 26.3 Å². The Morgan fingerprint density at radius 3 is 2.58 bits per heavy atom. The van der Waals surface area contributed by atoms with Gasteiger partial charge in [-0.2, -0.15) is 0 Å². The summed E-state index contributed by atoms with van der Waals surface area (Å²) in [4.78, 5) is 24.2. The summed E-state index contributed by atoms with van der Waals surface area (Å²) in [7, 11) is 1.70.